The van der Waals surface area contributed by atoms with Crippen molar-refractivity contribution in [3.05, 3.63) is 27.8 Å². The van der Waals surface area contributed by atoms with Gasteiger partial charge >= 0.3 is 5.63 Å². The summed E-state index contributed by atoms with van der Waals surface area (Å²) in [5, 5.41) is 9.27. The molecule has 0 aliphatic rings. The van der Waals surface area contributed by atoms with Gasteiger partial charge in [0.05, 0.1) is 13.2 Å². The highest BCUT2D eigenvalue weighted by atomic mass is 16.5. The van der Waals surface area contributed by atoms with Crippen LogP contribution in [0.5, 0.6) is 5.75 Å². The van der Waals surface area contributed by atoms with E-state index in [1.54, 1.807) is 13.0 Å². The Balaban J connectivity index is 3.39. The molecular weight excluding hydrogens is 172 g/mol. The summed E-state index contributed by atoms with van der Waals surface area (Å²) >= 11 is 0. The Bertz CT molecular complexity index is 351. The number of aryl methyl sites for hydroxylation is 1. The zero-order valence-corrected chi connectivity index (χ0v) is 7.83. The second-order valence-corrected chi connectivity index (χ2v) is 2.80. The van der Waals surface area contributed by atoms with Gasteiger partial charge < -0.3 is 14.3 Å². The molecule has 0 aliphatic heterocycles. The normalized spacial score (nSPS) is 12.6. The predicted octanol–water partition coefficient (Wildman–Crippen LogP) is 1.01. The summed E-state index contributed by atoms with van der Waals surface area (Å²) in [5.41, 5.74) is -0.389. The molecule has 4 nitrogen and oxygen atoms in total. The van der Waals surface area contributed by atoms with Crippen molar-refractivity contribution in [2.75, 3.05) is 7.11 Å². The van der Waals surface area contributed by atoms with Crippen LogP contribution >= 0.6 is 0 Å². The number of aliphatic hydroxyl groups excluding tert-OH is 1. The molecule has 0 radical (unpaired) electrons. The molecule has 0 saturated carbocycles. The van der Waals surface area contributed by atoms with Crippen molar-refractivity contribution in [1.29, 1.82) is 0 Å². The summed E-state index contributed by atoms with van der Waals surface area (Å²) in [6.07, 6.45) is -0.883. The summed E-state index contributed by atoms with van der Waals surface area (Å²) < 4.78 is 9.76. The SMILES string of the molecule is COc1cc(C)oc(=O)c1C(C)O. The van der Waals surface area contributed by atoms with Gasteiger partial charge in [-0.15, -0.1) is 0 Å². The van der Waals surface area contributed by atoms with Crippen LogP contribution in [0.1, 0.15) is 24.4 Å². The first kappa shape index (κ1) is 9.80. The Hall–Kier alpha value is -1.29. The van der Waals surface area contributed by atoms with E-state index in [-0.39, 0.29) is 5.56 Å². The van der Waals surface area contributed by atoms with Crippen LogP contribution in [-0.4, -0.2) is 12.2 Å². The monoisotopic (exact) mass is 184 g/mol. The fourth-order valence-corrected chi connectivity index (χ4v) is 1.14. The molecule has 0 spiro atoms. The van der Waals surface area contributed by atoms with Gasteiger partial charge in [-0.25, -0.2) is 4.79 Å². The van der Waals surface area contributed by atoms with E-state index >= 15 is 0 Å². The lowest BCUT2D eigenvalue weighted by Gasteiger charge is -2.08. The molecule has 1 atom stereocenters. The molecule has 1 heterocycles. The van der Waals surface area contributed by atoms with Crippen molar-refractivity contribution in [2.24, 2.45) is 0 Å². The van der Waals surface area contributed by atoms with Gasteiger partial charge in [0.2, 0.25) is 0 Å². The number of aliphatic hydroxyl groups is 1. The van der Waals surface area contributed by atoms with Crippen molar-refractivity contribution >= 4 is 0 Å². The summed E-state index contributed by atoms with van der Waals surface area (Å²) in [6, 6.07) is 1.57. The van der Waals surface area contributed by atoms with Gasteiger partial charge in [0, 0.05) is 6.07 Å². The standard InChI is InChI=1S/C9H12O4/c1-5-4-7(12-3)8(6(2)10)9(11)13-5/h4,6,10H,1-3H3. The van der Waals surface area contributed by atoms with Crippen molar-refractivity contribution in [2.45, 2.75) is 20.0 Å². The fraction of sp³-hybridized carbons (Fsp3) is 0.444. The Labute approximate surface area is 75.8 Å². The van der Waals surface area contributed by atoms with Gasteiger partial charge in [0.1, 0.15) is 17.1 Å². The van der Waals surface area contributed by atoms with Gasteiger partial charge in [-0.3, -0.25) is 0 Å². The highest BCUT2D eigenvalue weighted by Crippen LogP contribution is 2.21. The van der Waals surface area contributed by atoms with Crippen LogP contribution in [0.15, 0.2) is 15.3 Å². The third-order valence-corrected chi connectivity index (χ3v) is 1.71. The number of hydrogen-bond acceptors (Lipinski definition) is 4. The number of rotatable bonds is 2. The lowest BCUT2D eigenvalue weighted by Crippen LogP contribution is -2.12. The molecule has 1 aromatic heterocycles. The Morgan fingerprint density at radius 1 is 1.62 bits per heavy atom. The second-order valence-electron chi connectivity index (χ2n) is 2.80. The second kappa shape index (κ2) is 3.62. The first-order valence-electron chi connectivity index (χ1n) is 3.93. The molecule has 0 saturated heterocycles. The van der Waals surface area contributed by atoms with Gasteiger partial charge in [-0.1, -0.05) is 0 Å². The third kappa shape index (κ3) is 1.89. The van der Waals surface area contributed by atoms with Crippen molar-refractivity contribution in [1.82, 2.24) is 0 Å². The van der Waals surface area contributed by atoms with E-state index < -0.39 is 11.7 Å². The van der Waals surface area contributed by atoms with E-state index in [2.05, 4.69) is 0 Å². The topological polar surface area (TPSA) is 59.7 Å². The molecule has 0 bridgehead atoms. The minimum absolute atomic E-state index is 0.160. The number of ether oxygens (including phenoxy) is 1. The largest absolute Gasteiger partial charge is 0.496 e. The maximum absolute atomic E-state index is 11.3. The molecule has 0 amide bonds. The van der Waals surface area contributed by atoms with Crippen molar-refractivity contribution in [3.63, 3.8) is 0 Å². The zero-order chi connectivity index (χ0) is 10.0. The molecule has 1 rings (SSSR count). The molecule has 4 heteroatoms. The van der Waals surface area contributed by atoms with Crippen LogP contribution < -0.4 is 10.4 Å². The summed E-state index contributed by atoms with van der Waals surface area (Å²) in [7, 11) is 1.44. The zero-order valence-electron chi connectivity index (χ0n) is 7.83. The Morgan fingerprint density at radius 2 is 2.23 bits per heavy atom. The van der Waals surface area contributed by atoms with E-state index in [1.165, 1.54) is 14.0 Å². The molecule has 13 heavy (non-hydrogen) atoms. The molecule has 0 fully saturated rings. The van der Waals surface area contributed by atoms with Crippen LogP contribution in [0.25, 0.3) is 0 Å². The minimum atomic E-state index is -0.883. The average Bonchev–Trinajstić information content (AvgIpc) is 2.01. The third-order valence-electron chi connectivity index (χ3n) is 1.71. The minimum Gasteiger partial charge on any atom is -0.496 e. The van der Waals surface area contributed by atoms with Crippen molar-refractivity contribution in [3.8, 4) is 5.75 Å². The molecular formula is C9H12O4. The first-order valence-corrected chi connectivity index (χ1v) is 3.93. The molecule has 72 valence electrons. The first-order chi connectivity index (χ1) is 6.06. The maximum Gasteiger partial charge on any atom is 0.345 e. The molecule has 1 aromatic rings. The fourth-order valence-electron chi connectivity index (χ4n) is 1.14. The summed E-state index contributed by atoms with van der Waals surface area (Å²) in [5.74, 6) is 0.829. The van der Waals surface area contributed by atoms with Gasteiger partial charge in [-0.05, 0) is 13.8 Å². The highest BCUT2D eigenvalue weighted by Gasteiger charge is 2.15. The Morgan fingerprint density at radius 3 is 2.69 bits per heavy atom. The molecule has 0 aromatic carbocycles. The molecule has 1 unspecified atom stereocenters. The highest BCUT2D eigenvalue weighted by molar-refractivity contribution is 5.32. The lowest BCUT2D eigenvalue weighted by atomic mass is 10.1. The van der Waals surface area contributed by atoms with E-state index in [0.717, 1.165) is 0 Å². The Kier molecular flexibility index (Phi) is 2.72. The van der Waals surface area contributed by atoms with E-state index in [4.69, 9.17) is 9.15 Å². The lowest BCUT2D eigenvalue weighted by molar-refractivity contribution is 0.187. The molecule has 1 N–H and O–H groups in total. The molecule has 0 aliphatic carbocycles. The van der Waals surface area contributed by atoms with Crippen LogP contribution in [0.4, 0.5) is 0 Å². The smallest absolute Gasteiger partial charge is 0.345 e. The van der Waals surface area contributed by atoms with Crippen LogP contribution in [-0.2, 0) is 0 Å². The maximum atomic E-state index is 11.3. The summed E-state index contributed by atoms with van der Waals surface area (Å²) in [4.78, 5) is 11.3. The van der Waals surface area contributed by atoms with Crippen LogP contribution in [0.3, 0.4) is 0 Å². The van der Waals surface area contributed by atoms with Crippen LogP contribution in [0.2, 0.25) is 0 Å². The number of methoxy groups -OCH3 is 1. The average molecular weight is 184 g/mol. The van der Waals surface area contributed by atoms with E-state index in [1.807, 2.05) is 0 Å². The van der Waals surface area contributed by atoms with Crippen molar-refractivity contribution < 1.29 is 14.3 Å². The van der Waals surface area contributed by atoms with Gasteiger partial charge in [-0.2, -0.15) is 0 Å². The van der Waals surface area contributed by atoms with Gasteiger partial charge in [0.25, 0.3) is 0 Å². The van der Waals surface area contributed by atoms with Gasteiger partial charge in [0.15, 0.2) is 0 Å². The number of hydrogen-bond donors (Lipinski definition) is 1. The van der Waals surface area contributed by atoms with E-state index in [9.17, 15) is 9.90 Å². The quantitative estimate of drug-likeness (QED) is 0.745. The van der Waals surface area contributed by atoms with Crippen LogP contribution in [0, 0.1) is 6.92 Å². The predicted molar refractivity (Wildman–Crippen MR) is 46.9 cm³/mol. The van der Waals surface area contributed by atoms with E-state index in [0.29, 0.717) is 11.5 Å². The summed E-state index contributed by atoms with van der Waals surface area (Å²) in [6.45, 7) is 3.14.